The van der Waals surface area contributed by atoms with Gasteiger partial charge in [0.15, 0.2) is 5.96 Å². The SMILES string of the molecule is CCNC(=NCc1nc(C)c(C)s1)N1CC(C)C(C(=O)OC)C1. The molecule has 1 saturated heterocycles. The molecule has 23 heavy (non-hydrogen) atoms. The Morgan fingerprint density at radius 2 is 2.22 bits per heavy atom. The highest BCUT2D eigenvalue weighted by atomic mass is 32.1. The van der Waals surface area contributed by atoms with Crippen LogP contribution in [-0.4, -0.2) is 48.6 Å². The number of aryl methyl sites for hydroxylation is 2. The topological polar surface area (TPSA) is 66.8 Å². The van der Waals surface area contributed by atoms with Crippen molar-refractivity contribution in [3.8, 4) is 0 Å². The van der Waals surface area contributed by atoms with Gasteiger partial charge in [-0.05, 0) is 26.7 Å². The van der Waals surface area contributed by atoms with Crippen molar-refractivity contribution in [3.63, 3.8) is 0 Å². The Morgan fingerprint density at radius 1 is 1.48 bits per heavy atom. The van der Waals surface area contributed by atoms with Crippen LogP contribution in [0.2, 0.25) is 0 Å². The Kier molecular flexibility index (Phi) is 5.98. The van der Waals surface area contributed by atoms with Gasteiger partial charge in [0.2, 0.25) is 0 Å². The first-order valence-corrected chi connectivity index (χ1v) is 8.81. The molecule has 0 spiro atoms. The van der Waals surface area contributed by atoms with E-state index in [0.717, 1.165) is 29.8 Å². The number of aliphatic imine (C=N–C) groups is 1. The van der Waals surface area contributed by atoms with Crippen molar-refractivity contribution in [1.29, 1.82) is 0 Å². The molecule has 1 fully saturated rings. The molecule has 7 heteroatoms. The molecule has 0 saturated carbocycles. The third-order valence-corrected chi connectivity index (χ3v) is 5.25. The standard InChI is InChI=1S/C16H26N4O2S/c1-6-17-16(18-7-14-19-11(3)12(4)23-14)20-8-10(2)13(9-20)15(21)22-5/h10,13H,6-9H2,1-5H3,(H,17,18). The Balaban J connectivity index is 2.08. The molecule has 0 aliphatic carbocycles. The summed E-state index contributed by atoms with van der Waals surface area (Å²) in [5.74, 6) is 0.877. The third-order valence-electron chi connectivity index (χ3n) is 4.19. The van der Waals surface area contributed by atoms with Crippen molar-refractivity contribution >= 4 is 23.3 Å². The summed E-state index contributed by atoms with van der Waals surface area (Å²) in [6.45, 7) is 11.0. The molecule has 2 atom stereocenters. The van der Waals surface area contributed by atoms with Crippen LogP contribution in [0.25, 0.3) is 0 Å². The first kappa shape index (κ1) is 17.7. The van der Waals surface area contributed by atoms with Crippen molar-refractivity contribution < 1.29 is 9.53 Å². The number of nitrogens with one attached hydrogen (secondary N) is 1. The largest absolute Gasteiger partial charge is 0.469 e. The molecule has 128 valence electrons. The Hall–Kier alpha value is -1.63. The first-order valence-electron chi connectivity index (χ1n) is 8.00. The smallest absolute Gasteiger partial charge is 0.310 e. The second-order valence-electron chi connectivity index (χ2n) is 5.93. The average Bonchev–Trinajstić information content (AvgIpc) is 3.06. The Labute approximate surface area is 142 Å². The molecule has 2 unspecified atom stereocenters. The number of carbonyl (C=O) groups excluding carboxylic acids is 1. The van der Waals surface area contributed by atoms with E-state index in [9.17, 15) is 4.79 Å². The molecule has 1 aliphatic heterocycles. The van der Waals surface area contributed by atoms with Crippen molar-refractivity contribution in [2.45, 2.75) is 34.2 Å². The number of hydrogen-bond donors (Lipinski definition) is 1. The second kappa shape index (κ2) is 7.77. The van der Waals surface area contributed by atoms with Crippen LogP contribution in [0.15, 0.2) is 4.99 Å². The lowest BCUT2D eigenvalue weighted by Gasteiger charge is -2.21. The zero-order chi connectivity index (χ0) is 17.0. The van der Waals surface area contributed by atoms with Gasteiger partial charge in [-0.2, -0.15) is 0 Å². The molecule has 2 heterocycles. The maximum absolute atomic E-state index is 11.9. The van der Waals surface area contributed by atoms with Crippen LogP contribution < -0.4 is 5.32 Å². The number of nitrogens with zero attached hydrogens (tertiary/aromatic N) is 3. The number of aromatic nitrogens is 1. The minimum absolute atomic E-state index is 0.0896. The number of thiazole rings is 1. The zero-order valence-corrected chi connectivity index (χ0v) is 15.4. The minimum atomic E-state index is -0.137. The van der Waals surface area contributed by atoms with Crippen molar-refractivity contribution in [3.05, 3.63) is 15.6 Å². The molecule has 0 radical (unpaired) electrons. The van der Waals surface area contributed by atoms with Crippen molar-refractivity contribution in [1.82, 2.24) is 15.2 Å². The van der Waals surface area contributed by atoms with E-state index in [-0.39, 0.29) is 17.8 Å². The molecule has 1 aliphatic rings. The summed E-state index contributed by atoms with van der Waals surface area (Å²) in [4.78, 5) is 24.5. The summed E-state index contributed by atoms with van der Waals surface area (Å²) in [5, 5.41) is 4.34. The number of ether oxygens (including phenoxy) is 1. The summed E-state index contributed by atoms with van der Waals surface area (Å²) in [6, 6.07) is 0. The lowest BCUT2D eigenvalue weighted by molar-refractivity contribution is -0.145. The molecule has 1 aromatic rings. The fourth-order valence-corrected chi connectivity index (χ4v) is 3.63. The fraction of sp³-hybridized carbons (Fsp3) is 0.688. The maximum Gasteiger partial charge on any atom is 0.310 e. The van der Waals surface area contributed by atoms with Gasteiger partial charge in [0.05, 0.1) is 25.3 Å². The number of esters is 1. The van der Waals surface area contributed by atoms with Gasteiger partial charge in [-0.3, -0.25) is 4.79 Å². The second-order valence-corrected chi connectivity index (χ2v) is 7.22. The molecular formula is C16H26N4O2S. The van der Waals surface area contributed by atoms with Gasteiger partial charge < -0.3 is 15.0 Å². The van der Waals surface area contributed by atoms with E-state index in [2.05, 4.69) is 29.0 Å². The highest BCUT2D eigenvalue weighted by Crippen LogP contribution is 2.24. The Bertz CT molecular complexity index is 565. The number of likely N-dealkylation sites (tertiary alicyclic amines) is 1. The lowest BCUT2D eigenvalue weighted by atomic mass is 9.99. The van der Waals surface area contributed by atoms with Crippen LogP contribution in [0.4, 0.5) is 0 Å². The van der Waals surface area contributed by atoms with E-state index < -0.39 is 0 Å². The van der Waals surface area contributed by atoms with E-state index in [1.165, 1.54) is 12.0 Å². The number of methoxy groups -OCH3 is 1. The number of hydrogen-bond acceptors (Lipinski definition) is 5. The van der Waals surface area contributed by atoms with Crippen LogP contribution in [0.5, 0.6) is 0 Å². The third kappa shape index (κ3) is 4.22. The summed E-state index contributed by atoms with van der Waals surface area (Å²) >= 11 is 1.69. The van der Waals surface area contributed by atoms with Crippen LogP contribution in [0, 0.1) is 25.7 Å². The van der Waals surface area contributed by atoms with Gasteiger partial charge in [-0.1, -0.05) is 6.92 Å². The van der Waals surface area contributed by atoms with E-state index in [0.29, 0.717) is 13.1 Å². The van der Waals surface area contributed by atoms with Gasteiger partial charge in [0.25, 0.3) is 0 Å². The monoisotopic (exact) mass is 338 g/mol. The van der Waals surface area contributed by atoms with Crippen LogP contribution in [-0.2, 0) is 16.1 Å². The summed E-state index contributed by atoms with van der Waals surface area (Å²) in [5.41, 5.74) is 1.07. The van der Waals surface area contributed by atoms with Gasteiger partial charge in [-0.25, -0.2) is 9.98 Å². The predicted octanol–water partition coefficient (Wildman–Crippen LogP) is 1.97. The summed E-state index contributed by atoms with van der Waals surface area (Å²) < 4.78 is 4.90. The quantitative estimate of drug-likeness (QED) is 0.516. The molecule has 0 amide bonds. The van der Waals surface area contributed by atoms with Gasteiger partial charge in [-0.15, -0.1) is 11.3 Å². The highest BCUT2D eigenvalue weighted by Gasteiger charge is 2.36. The molecule has 2 rings (SSSR count). The average molecular weight is 338 g/mol. The van der Waals surface area contributed by atoms with Gasteiger partial charge in [0.1, 0.15) is 5.01 Å². The molecule has 1 aromatic heterocycles. The van der Waals surface area contributed by atoms with E-state index in [4.69, 9.17) is 9.73 Å². The van der Waals surface area contributed by atoms with E-state index in [1.54, 1.807) is 11.3 Å². The van der Waals surface area contributed by atoms with Gasteiger partial charge >= 0.3 is 5.97 Å². The van der Waals surface area contributed by atoms with Gasteiger partial charge in [0, 0.05) is 24.5 Å². The zero-order valence-electron chi connectivity index (χ0n) is 14.5. The minimum Gasteiger partial charge on any atom is -0.469 e. The number of carbonyl (C=O) groups is 1. The van der Waals surface area contributed by atoms with Crippen LogP contribution >= 0.6 is 11.3 Å². The predicted molar refractivity (Wildman–Crippen MR) is 92.6 cm³/mol. The molecular weight excluding hydrogens is 312 g/mol. The first-order chi connectivity index (χ1) is 11.0. The van der Waals surface area contributed by atoms with Crippen molar-refractivity contribution in [2.24, 2.45) is 16.8 Å². The number of guanidine groups is 1. The lowest BCUT2D eigenvalue weighted by Crippen LogP contribution is -2.40. The molecule has 1 N–H and O–H groups in total. The van der Waals surface area contributed by atoms with Crippen LogP contribution in [0.3, 0.4) is 0 Å². The Morgan fingerprint density at radius 3 is 2.78 bits per heavy atom. The molecule has 0 aromatic carbocycles. The maximum atomic E-state index is 11.9. The summed E-state index contributed by atoms with van der Waals surface area (Å²) in [6.07, 6.45) is 0. The number of rotatable bonds is 4. The van der Waals surface area contributed by atoms with Crippen LogP contribution in [0.1, 0.15) is 29.4 Å². The fourth-order valence-electron chi connectivity index (χ4n) is 2.77. The highest BCUT2D eigenvalue weighted by molar-refractivity contribution is 7.11. The normalized spacial score (nSPS) is 21.6. The summed E-state index contributed by atoms with van der Waals surface area (Å²) in [7, 11) is 1.45. The van der Waals surface area contributed by atoms with Crippen molar-refractivity contribution in [2.75, 3.05) is 26.7 Å². The molecule has 0 bridgehead atoms. The van der Waals surface area contributed by atoms with E-state index >= 15 is 0 Å². The van der Waals surface area contributed by atoms with E-state index in [1.807, 2.05) is 13.8 Å². The molecule has 6 nitrogen and oxygen atoms in total.